The third kappa shape index (κ3) is 5.98. The highest BCUT2D eigenvalue weighted by Gasteiger charge is 2.31. The van der Waals surface area contributed by atoms with Gasteiger partial charge in [-0.15, -0.1) is 13.2 Å². The molecule has 0 atom stereocenters. The number of ether oxygens (including phenoxy) is 1. The molecular formula is C24H23F5O. The topological polar surface area (TPSA) is 9.23 Å². The van der Waals surface area contributed by atoms with Gasteiger partial charge in [0, 0.05) is 5.56 Å². The van der Waals surface area contributed by atoms with Gasteiger partial charge in [0.25, 0.3) is 0 Å². The highest BCUT2D eigenvalue weighted by Crippen LogP contribution is 2.38. The minimum atomic E-state index is -4.78. The van der Waals surface area contributed by atoms with Crippen LogP contribution in [-0.2, 0) is 0 Å². The summed E-state index contributed by atoms with van der Waals surface area (Å²) in [6.45, 7) is 2.17. The fourth-order valence-corrected chi connectivity index (χ4v) is 4.02. The Morgan fingerprint density at radius 1 is 0.933 bits per heavy atom. The minimum absolute atomic E-state index is 0.158. The fraction of sp³-hybridized carbons (Fsp3) is 0.417. The molecule has 0 N–H and O–H groups in total. The number of alkyl halides is 3. The first-order chi connectivity index (χ1) is 14.2. The van der Waals surface area contributed by atoms with Crippen LogP contribution in [0.2, 0.25) is 0 Å². The van der Waals surface area contributed by atoms with Crippen LogP contribution in [0.3, 0.4) is 0 Å². The maximum absolute atomic E-state index is 14.5. The van der Waals surface area contributed by atoms with Crippen LogP contribution in [0.25, 0.3) is 0 Å². The summed E-state index contributed by atoms with van der Waals surface area (Å²) in [6.07, 6.45) is 1.60. The van der Waals surface area contributed by atoms with Gasteiger partial charge in [0.2, 0.25) is 0 Å². The van der Waals surface area contributed by atoms with Gasteiger partial charge in [0.1, 0.15) is 17.4 Å². The van der Waals surface area contributed by atoms with E-state index in [2.05, 4.69) is 23.5 Å². The van der Waals surface area contributed by atoms with Crippen molar-refractivity contribution in [3.63, 3.8) is 0 Å². The molecule has 0 saturated heterocycles. The molecule has 6 heteroatoms. The Morgan fingerprint density at radius 2 is 1.53 bits per heavy atom. The van der Waals surface area contributed by atoms with Crippen molar-refractivity contribution in [3.05, 3.63) is 64.7 Å². The van der Waals surface area contributed by atoms with E-state index >= 15 is 0 Å². The van der Waals surface area contributed by atoms with Crippen molar-refractivity contribution in [1.29, 1.82) is 0 Å². The first kappa shape index (κ1) is 22.1. The average Bonchev–Trinajstić information content (AvgIpc) is 2.68. The Balaban J connectivity index is 1.71. The predicted octanol–water partition coefficient (Wildman–Crippen LogP) is 7.34. The zero-order valence-corrected chi connectivity index (χ0v) is 16.7. The molecule has 0 unspecified atom stereocenters. The molecule has 0 heterocycles. The fourth-order valence-electron chi connectivity index (χ4n) is 4.02. The molecule has 1 nitrogen and oxygen atoms in total. The zero-order chi connectivity index (χ0) is 21.7. The Kier molecular flexibility index (Phi) is 7.02. The van der Waals surface area contributed by atoms with Crippen LogP contribution in [0, 0.1) is 29.4 Å². The Labute approximate surface area is 173 Å². The van der Waals surface area contributed by atoms with Gasteiger partial charge in [-0.1, -0.05) is 31.6 Å². The van der Waals surface area contributed by atoms with Gasteiger partial charge in [-0.3, -0.25) is 0 Å². The summed E-state index contributed by atoms with van der Waals surface area (Å²) in [5.74, 6) is 4.09. The van der Waals surface area contributed by atoms with Gasteiger partial charge in [-0.2, -0.15) is 0 Å². The maximum Gasteiger partial charge on any atom is 0.573 e. The van der Waals surface area contributed by atoms with Crippen LogP contribution in [0.5, 0.6) is 5.75 Å². The van der Waals surface area contributed by atoms with Gasteiger partial charge in [0.05, 0.1) is 5.56 Å². The lowest BCUT2D eigenvalue weighted by Crippen LogP contribution is -2.16. The normalized spacial score (nSPS) is 19.1. The van der Waals surface area contributed by atoms with Crippen molar-refractivity contribution in [1.82, 2.24) is 0 Å². The lowest BCUT2D eigenvalue weighted by atomic mass is 9.77. The van der Waals surface area contributed by atoms with E-state index in [1.54, 1.807) is 0 Å². The molecule has 0 radical (unpaired) electrons. The number of hydrogen-bond donors (Lipinski definition) is 0. The van der Waals surface area contributed by atoms with Crippen LogP contribution in [0.4, 0.5) is 22.0 Å². The van der Waals surface area contributed by atoms with Crippen LogP contribution in [-0.4, -0.2) is 6.36 Å². The van der Waals surface area contributed by atoms with Crippen LogP contribution >= 0.6 is 0 Å². The lowest BCUT2D eigenvalue weighted by molar-refractivity contribution is -0.274. The smallest absolute Gasteiger partial charge is 0.406 e. The van der Waals surface area contributed by atoms with E-state index in [1.165, 1.54) is 30.7 Å². The maximum atomic E-state index is 14.5. The summed E-state index contributed by atoms with van der Waals surface area (Å²) < 4.78 is 69.4. The highest BCUT2D eigenvalue weighted by atomic mass is 19.4. The van der Waals surface area contributed by atoms with Gasteiger partial charge in [-0.25, -0.2) is 8.78 Å². The molecule has 3 rings (SSSR count). The molecule has 1 fully saturated rings. The lowest BCUT2D eigenvalue weighted by Gasteiger charge is -2.28. The molecule has 0 aromatic heterocycles. The average molecular weight is 422 g/mol. The van der Waals surface area contributed by atoms with Crippen molar-refractivity contribution >= 4 is 0 Å². The SMILES string of the molecule is CCC[C@H]1CC[C@H](c2cc(F)c(C#Cc3ccc(OC(F)(F)F)cc3)c(F)c2)CC1. The molecule has 0 spiro atoms. The predicted molar refractivity (Wildman–Crippen MR) is 105 cm³/mol. The third-order valence-electron chi connectivity index (χ3n) is 5.50. The van der Waals surface area contributed by atoms with E-state index < -0.39 is 18.0 Å². The van der Waals surface area contributed by atoms with Crippen LogP contribution < -0.4 is 4.74 Å². The van der Waals surface area contributed by atoms with Gasteiger partial charge in [-0.05, 0) is 79.5 Å². The van der Waals surface area contributed by atoms with E-state index in [1.807, 2.05) is 0 Å². The summed E-state index contributed by atoms with van der Waals surface area (Å²) in [7, 11) is 0. The van der Waals surface area contributed by atoms with Crippen molar-refractivity contribution in [2.75, 3.05) is 0 Å². The standard InChI is InChI=1S/C24H23F5O/c1-2-3-16-4-9-18(10-5-16)19-14-22(25)21(23(26)15-19)13-8-17-6-11-20(12-7-17)30-24(27,28)29/h6-7,11-12,14-16,18H,2-5,9-10H2,1H3/t16-,18-. The molecule has 2 aromatic rings. The third-order valence-corrected chi connectivity index (χ3v) is 5.50. The monoisotopic (exact) mass is 422 g/mol. The Morgan fingerprint density at radius 3 is 2.07 bits per heavy atom. The van der Waals surface area contributed by atoms with Crippen molar-refractivity contribution < 1.29 is 26.7 Å². The van der Waals surface area contributed by atoms with E-state index in [0.717, 1.165) is 44.2 Å². The molecular weight excluding hydrogens is 399 g/mol. The van der Waals surface area contributed by atoms with E-state index in [0.29, 0.717) is 17.0 Å². The molecule has 0 amide bonds. The molecule has 1 aliphatic rings. The summed E-state index contributed by atoms with van der Waals surface area (Å²) >= 11 is 0. The summed E-state index contributed by atoms with van der Waals surface area (Å²) in [6, 6.07) is 7.51. The van der Waals surface area contributed by atoms with Crippen LogP contribution in [0.15, 0.2) is 36.4 Å². The van der Waals surface area contributed by atoms with E-state index in [9.17, 15) is 22.0 Å². The highest BCUT2D eigenvalue weighted by molar-refractivity contribution is 5.46. The second-order valence-corrected chi connectivity index (χ2v) is 7.69. The number of rotatable bonds is 4. The van der Waals surface area contributed by atoms with E-state index in [-0.39, 0.29) is 17.2 Å². The number of hydrogen-bond acceptors (Lipinski definition) is 1. The van der Waals surface area contributed by atoms with Crippen molar-refractivity contribution in [3.8, 4) is 17.6 Å². The second-order valence-electron chi connectivity index (χ2n) is 7.69. The van der Waals surface area contributed by atoms with Gasteiger partial charge < -0.3 is 4.74 Å². The Bertz CT molecular complexity index is 890. The quantitative estimate of drug-likeness (QED) is 0.370. The summed E-state index contributed by atoms with van der Waals surface area (Å²) in [4.78, 5) is 0. The van der Waals surface area contributed by atoms with Gasteiger partial charge in [0.15, 0.2) is 0 Å². The molecule has 1 saturated carbocycles. The molecule has 1 aliphatic carbocycles. The van der Waals surface area contributed by atoms with Crippen molar-refractivity contribution in [2.45, 2.75) is 57.7 Å². The number of halogens is 5. The molecule has 0 aliphatic heterocycles. The molecule has 0 bridgehead atoms. The first-order valence-electron chi connectivity index (χ1n) is 10.1. The number of benzene rings is 2. The minimum Gasteiger partial charge on any atom is -0.406 e. The first-order valence-corrected chi connectivity index (χ1v) is 10.1. The molecule has 160 valence electrons. The van der Waals surface area contributed by atoms with E-state index in [4.69, 9.17) is 0 Å². The molecule has 30 heavy (non-hydrogen) atoms. The second kappa shape index (κ2) is 9.51. The van der Waals surface area contributed by atoms with Gasteiger partial charge >= 0.3 is 6.36 Å². The zero-order valence-electron chi connectivity index (χ0n) is 16.7. The summed E-state index contributed by atoms with van der Waals surface area (Å²) in [5, 5.41) is 0. The molecule has 2 aromatic carbocycles. The van der Waals surface area contributed by atoms with Crippen LogP contribution in [0.1, 0.15) is 68.1 Å². The largest absolute Gasteiger partial charge is 0.573 e. The Hall–Kier alpha value is -2.55. The summed E-state index contributed by atoms with van der Waals surface area (Å²) in [5.41, 5.74) is 0.648. The van der Waals surface area contributed by atoms with Crippen molar-refractivity contribution in [2.24, 2.45) is 5.92 Å².